The summed E-state index contributed by atoms with van der Waals surface area (Å²) in [5, 5.41) is 11.8. The molecule has 0 radical (unpaired) electrons. The number of amides is 2. The van der Waals surface area contributed by atoms with Crippen molar-refractivity contribution >= 4 is 46.9 Å². The number of carbonyl (C=O) groups is 2. The Morgan fingerprint density at radius 1 is 0.941 bits per heavy atom. The number of carbonyl (C=O) groups excluding carboxylic acids is 2. The quantitative estimate of drug-likeness (QED) is 0.0786. The van der Waals surface area contributed by atoms with E-state index >= 15 is 0 Å². The number of rotatable bonds is 9. The van der Waals surface area contributed by atoms with Gasteiger partial charge < -0.3 is 19.3 Å². The van der Waals surface area contributed by atoms with Crippen LogP contribution in [-0.2, 0) is 30.1 Å². The molecule has 0 aliphatic carbocycles. The van der Waals surface area contributed by atoms with E-state index < -0.39 is 51.8 Å². The Kier molecular flexibility index (Phi) is 11.9. The summed E-state index contributed by atoms with van der Waals surface area (Å²) in [5.41, 5.74) is -1.86. The topological polar surface area (TPSA) is 91.9 Å². The molecule has 0 unspecified atom stereocenters. The van der Waals surface area contributed by atoms with Crippen molar-refractivity contribution in [2.75, 3.05) is 40.3 Å². The van der Waals surface area contributed by atoms with Gasteiger partial charge in [0.1, 0.15) is 0 Å². The first kappa shape index (κ1) is 38.9. The van der Waals surface area contributed by atoms with E-state index in [4.69, 9.17) is 0 Å². The number of likely N-dealkylation sites (N-methyl/N-ethyl adjacent to an activating group) is 1. The molecule has 0 N–H and O–H groups in total. The highest BCUT2D eigenvalue weighted by Crippen LogP contribution is 2.37. The zero-order valence-electron chi connectivity index (χ0n) is 27.4. The van der Waals surface area contributed by atoms with E-state index in [1.807, 2.05) is 54.0 Å². The molecule has 5 rings (SSSR count). The van der Waals surface area contributed by atoms with Crippen LogP contribution in [0.2, 0.25) is 0 Å². The van der Waals surface area contributed by atoms with E-state index in [2.05, 4.69) is 0 Å². The largest absolute Gasteiger partial charge is 0.416 e. The summed E-state index contributed by atoms with van der Waals surface area (Å²) in [6.07, 6.45) is -5.46. The van der Waals surface area contributed by atoms with Gasteiger partial charge in [-0.25, -0.2) is 0 Å². The number of non-ortho nitro benzene ring substituents is 1. The predicted octanol–water partition coefficient (Wildman–Crippen LogP) is 7.18. The maximum absolute atomic E-state index is 13.9. The van der Waals surface area contributed by atoms with Crippen LogP contribution in [0.25, 0.3) is 17.0 Å². The van der Waals surface area contributed by atoms with Gasteiger partial charge in [0.05, 0.1) is 22.1 Å². The Morgan fingerprint density at radius 2 is 1.57 bits per heavy atom. The van der Waals surface area contributed by atoms with Gasteiger partial charge in [0.15, 0.2) is 0 Å². The van der Waals surface area contributed by atoms with Crippen LogP contribution in [0.5, 0.6) is 0 Å². The summed E-state index contributed by atoms with van der Waals surface area (Å²) >= 11 is 0. The molecule has 4 aromatic rings. The molecule has 0 spiro atoms. The van der Waals surface area contributed by atoms with E-state index in [0.717, 1.165) is 16.5 Å². The van der Waals surface area contributed by atoms with Crippen molar-refractivity contribution in [3.63, 3.8) is 0 Å². The van der Waals surface area contributed by atoms with Crippen LogP contribution in [0.4, 0.5) is 32.0 Å². The summed E-state index contributed by atoms with van der Waals surface area (Å²) in [4.78, 5) is 42.3. The standard InChI is InChI=1S/C35H33F6N5O4.ClH/c1-42(2)13-14-43-21-25(30-5-3-4-6-31(30)43)19-29-22-44(32(47)12-9-23-7-10-28(11-8-23)46(49)50)15-16-45(29)33(48)24-17-26(34(36,37)38)20-27(18-24)35(39,40)41;/h3-12,17-18,20-21,29H,13-16,19,22H2,1-2H3;1H/t29-;/m1./s1. The average molecular weight is 738 g/mol. The second-order valence-electron chi connectivity index (χ2n) is 12.3. The number of hydrogen-bond acceptors (Lipinski definition) is 5. The van der Waals surface area contributed by atoms with Crippen LogP contribution in [0.15, 0.2) is 79.0 Å². The lowest BCUT2D eigenvalue weighted by Crippen LogP contribution is -2.57. The Balaban J connectivity index is 0.00000583. The molecule has 1 fully saturated rings. The Hall–Kier alpha value is -4.89. The molecular formula is C35H34ClF6N5O4. The van der Waals surface area contributed by atoms with Crippen molar-refractivity contribution in [1.82, 2.24) is 19.3 Å². The van der Waals surface area contributed by atoms with Gasteiger partial charge in [0.25, 0.3) is 11.6 Å². The number of nitrogens with zero attached hydrogens (tertiary/aromatic N) is 5. The molecule has 1 atom stereocenters. The van der Waals surface area contributed by atoms with Crippen LogP contribution in [0.3, 0.4) is 0 Å². The van der Waals surface area contributed by atoms with Gasteiger partial charge in [0, 0.05) is 73.6 Å². The molecule has 1 aliphatic heterocycles. The molecule has 3 aromatic carbocycles. The first-order valence-corrected chi connectivity index (χ1v) is 15.5. The van der Waals surface area contributed by atoms with Gasteiger partial charge in [0.2, 0.25) is 5.91 Å². The van der Waals surface area contributed by atoms with E-state index in [1.165, 1.54) is 46.2 Å². The number of aromatic nitrogens is 1. The molecule has 1 aromatic heterocycles. The van der Waals surface area contributed by atoms with Crippen molar-refractivity contribution in [2.24, 2.45) is 0 Å². The molecule has 1 saturated heterocycles. The number of halogens is 7. The van der Waals surface area contributed by atoms with Gasteiger partial charge in [-0.15, -0.1) is 12.4 Å². The van der Waals surface area contributed by atoms with E-state index in [1.54, 1.807) is 0 Å². The second-order valence-corrected chi connectivity index (χ2v) is 12.3. The number of piperazine rings is 1. The van der Waals surface area contributed by atoms with Crippen molar-refractivity contribution < 1.29 is 40.9 Å². The molecule has 51 heavy (non-hydrogen) atoms. The fraction of sp³-hybridized carbons (Fsp3) is 0.314. The zero-order chi connectivity index (χ0) is 36.4. The fourth-order valence-corrected chi connectivity index (χ4v) is 5.95. The summed E-state index contributed by atoms with van der Waals surface area (Å²) in [5.74, 6) is -1.47. The monoisotopic (exact) mass is 737 g/mol. The van der Waals surface area contributed by atoms with Crippen molar-refractivity contribution in [3.8, 4) is 0 Å². The normalized spacial score (nSPS) is 15.4. The number of nitro groups is 1. The maximum Gasteiger partial charge on any atom is 0.416 e. The first-order chi connectivity index (χ1) is 23.5. The third-order valence-electron chi connectivity index (χ3n) is 8.53. The molecule has 1 aliphatic rings. The van der Waals surface area contributed by atoms with Crippen molar-refractivity contribution in [2.45, 2.75) is 31.4 Å². The number of hydrogen-bond donors (Lipinski definition) is 0. The summed E-state index contributed by atoms with van der Waals surface area (Å²) in [6, 6.07) is 13.1. The summed E-state index contributed by atoms with van der Waals surface area (Å²) < 4.78 is 84.1. The first-order valence-electron chi connectivity index (χ1n) is 15.5. The van der Waals surface area contributed by atoms with Crippen LogP contribution >= 0.6 is 12.4 Å². The Labute approximate surface area is 295 Å². The van der Waals surface area contributed by atoms with Gasteiger partial charge in [-0.3, -0.25) is 19.7 Å². The predicted molar refractivity (Wildman–Crippen MR) is 181 cm³/mol. The SMILES string of the molecule is CN(C)CCn1cc(C[C@@H]2CN(C(=O)C=Cc3ccc([N+](=O)[O-])cc3)CCN2C(=O)c2cc(C(F)(F)F)cc(C(F)(F)F)c2)c2ccccc21.Cl. The lowest BCUT2D eigenvalue weighted by molar-refractivity contribution is -0.384. The van der Waals surface area contributed by atoms with Crippen LogP contribution in [0.1, 0.15) is 32.6 Å². The highest BCUT2D eigenvalue weighted by atomic mass is 35.5. The molecule has 2 amide bonds. The molecule has 2 heterocycles. The van der Waals surface area contributed by atoms with Crippen LogP contribution in [-0.4, -0.2) is 82.3 Å². The third kappa shape index (κ3) is 9.27. The number of nitro benzene ring substituents is 1. The fourth-order valence-electron chi connectivity index (χ4n) is 5.95. The van der Waals surface area contributed by atoms with Gasteiger partial charge in [-0.05, 0) is 74.1 Å². The number of benzene rings is 3. The third-order valence-corrected chi connectivity index (χ3v) is 8.53. The van der Waals surface area contributed by atoms with Gasteiger partial charge in [-0.1, -0.05) is 18.2 Å². The van der Waals surface area contributed by atoms with Crippen molar-refractivity contribution in [3.05, 3.63) is 117 Å². The molecular weight excluding hydrogens is 704 g/mol. The molecule has 9 nitrogen and oxygen atoms in total. The van der Waals surface area contributed by atoms with E-state index in [-0.39, 0.29) is 50.2 Å². The minimum atomic E-state index is -5.13. The maximum atomic E-state index is 13.9. The van der Waals surface area contributed by atoms with Crippen LogP contribution in [0, 0.1) is 10.1 Å². The second kappa shape index (κ2) is 15.6. The highest BCUT2D eigenvalue weighted by Gasteiger charge is 2.39. The lowest BCUT2D eigenvalue weighted by atomic mass is 9.98. The minimum Gasteiger partial charge on any atom is -0.346 e. The van der Waals surface area contributed by atoms with Gasteiger partial charge in [-0.2, -0.15) is 26.3 Å². The average Bonchev–Trinajstić information content (AvgIpc) is 3.42. The number of fused-ring (bicyclic) bond motifs is 1. The lowest BCUT2D eigenvalue weighted by Gasteiger charge is -2.41. The minimum absolute atomic E-state index is 0. The molecule has 0 bridgehead atoms. The smallest absolute Gasteiger partial charge is 0.346 e. The van der Waals surface area contributed by atoms with E-state index in [9.17, 15) is 46.0 Å². The zero-order valence-corrected chi connectivity index (χ0v) is 28.3. The summed E-state index contributed by atoms with van der Waals surface area (Å²) in [7, 11) is 3.86. The molecule has 16 heteroatoms. The molecule has 272 valence electrons. The molecule has 0 saturated carbocycles. The van der Waals surface area contributed by atoms with E-state index in [0.29, 0.717) is 30.8 Å². The van der Waals surface area contributed by atoms with Crippen LogP contribution < -0.4 is 0 Å². The summed E-state index contributed by atoms with van der Waals surface area (Å²) in [6.45, 7) is 1.09. The Morgan fingerprint density at radius 3 is 2.16 bits per heavy atom. The highest BCUT2D eigenvalue weighted by molar-refractivity contribution is 5.96. The van der Waals surface area contributed by atoms with Crippen molar-refractivity contribution in [1.29, 1.82) is 0 Å². The number of alkyl halides is 6. The Bertz CT molecular complexity index is 1890. The number of para-hydroxylation sites is 1. The van der Waals surface area contributed by atoms with Gasteiger partial charge >= 0.3 is 12.4 Å².